The summed E-state index contributed by atoms with van der Waals surface area (Å²) in [5.74, 6) is -0.0303. The van der Waals surface area contributed by atoms with Crippen molar-refractivity contribution >= 4 is 23.5 Å². The Hall–Kier alpha value is -1.34. The van der Waals surface area contributed by atoms with E-state index < -0.39 is 12.0 Å². The second-order valence-corrected chi connectivity index (χ2v) is 7.74. The molecule has 1 aromatic rings. The Balaban J connectivity index is 2.05. The number of carboxylic acid groups (broad SMARTS) is 1. The maximum absolute atomic E-state index is 11.5. The summed E-state index contributed by atoms with van der Waals surface area (Å²) in [6, 6.07) is 1.15. The highest BCUT2D eigenvalue weighted by Crippen LogP contribution is 2.22. The van der Waals surface area contributed by atoms with Crippen molar-refractivity contribution in [2.45, 2.75) is 76.3 Å². The first-order valence-corrected chi connectivity index (χ1v) is 10.2. The minimum Gasteiger partial charge on any atom is -0.480 e. The molecule has 0 amide bonds. The molecule has 2 rings (SSSR count). The van der Waals surface area contributed by atoms with Gasteiger partial charge in [0.2, 0.25) is 0 Å². The molecule has 1 heterocycles. The summed E-state index contributed by atoms with van der Waals surface area (Å²) < 4.78 is 6.00. The van der Waals surface area contributed by atoms with E-state index in [0.717, 1.165) is 18.5 Å². The van der Waals surface area contributed by atoms with Crippen LogP contribution in [-0.4, -0.2) is 39.4 Å². The van der Waals surface area contributed by atoms with Crippen LogP contribution in [0.25, 0.3) is 0 Å². The highest BCUT2D eigenvalue weighted by molar-refractivity contribution is 7.98. The Morgan fingerprint density at radius 3 is 2.68 bits per heavy atom. The molecular weight excluding hydrogens is 338 g/mol. The van der Waals surface area contributed by atoms with Gasteiger partial charge in [0.25, 0.3) is 0 Å². The molecule has 1 atom stereocenters. The maximum atomic E-state index is 11.5. The normalized spacial score (nSPS) is 16.8. The monoisotopic (exact) mass is 367 g/mol. The zero-order valence-corrected chi connectivity index (χ0v) is 16.1. The number of carboxylic acids is 1. The molecule has 6 nitrogen and oxygen atoms in total. The van der Waals surface area contributed by atoms with Gasteiger partial charge in [-0.2, -0.15) is 0 Å². The van der Waals surface area contributed by atoms with Crippen LogP contribution in [0.1, 0.15) is 58.1 Å². The smallest absolute Gasteiger partial charge is 0.326 e. The molecule has 1 saturated carbocycles. The fourth-order valence-corrected chi connectivity index (χ4v) is 3.42. The van der Waals surface area contributed by atoms with Gasteiger partial charge in [-0.1, -0.05) is 44.9 Å². The minimum absolute atomic E-state index is 0.282. The first-order valence-electron chi connectivity index (χ1n) is 9.00. The van der Waals surface area contributed by atoms with Gasteiger partial charge in [0, 0.05) is 6.07 Å². The van der Waals surface area contributed by atoms with E-state index in [0.29, 0.717) is 30.1 Å². The van der Waals surface area contributed by atoms with Crippen LogP contribution in [0.15, 0.2) is 11.2 Å². The summed E-state index contributed by atoms with van der Waals surface area (Å²) in [6.07, 6.45) is 8.74. The Kier molecular flexibility index (Phi) is 7.96. The molecular formula is C18H29N3O3S. The molecule has 1 aliphatic rings. The number of ether oxygens (including phenoxy) is 1. The summed E-state index contributed by atoms with van der Waals surface area (Å²) in [5, 5.41) is 13.1. The van der Waals surface area contributed by atoms with Crippen molar-refractivity contribution in [2.75, 3.05) is 11.6 Å². The molecule has 0 aromatic carbocycles. The summed E-state index contributed by atoms with van der Waals surface area (Å²) in [7, 11) is 0. The van der Waals surface area contributed by atoms with Gasteiger partial charge in [0.05, 0.1) is 18.4 Å². The van der Waals surface area contributed by atoms with Gasteiger partial charge in [-0.25, -0.2) is 14.8 Å². The fourth-order valence-electron chi connectivity index (χ4n) is 3.02. The van der Waals surface area contributed by atoms with Gasteiger partial charge in [-0.3, -0.25) is 0 Å². The number of nitrogens with one attached hydrogen (secondary N) is 1. The summed E-state index contributed by atoms with van der Waals surface area (Å²) >= 11 is 1.44. The molecule has 1 unspecified atom stereocenters. The van der Waals surface area contributed by atoms with Crippen LogP contribution in [0.5, 0.6) is 0 Å². The molecule has 0 radical (unpaired) electrons. The molecule has 140 valence electrons. The first kappa shape index (κ1) is 20.0. The third-order valence-electron chi connectivity index (χ3n) is 4.29. The van der Waals surface area contributed by atoms with Crippen molar-refractivity contribution in [3.63, 3.8) is 0 Å². The lowest BCUT2D eigenvalue weighted by Crippen LogP contribution is -2.31. The number of hydrogen-bond donors (Lipinski definition) is 2. The van der Waals surface area contributed by atoms with E-state index in [9.17, 15) is 9.90 Å². The number of aliphatic carboxylic acids is 1. The van der Waals surface area contributed by atoms with Crippen molar-refractivity contribution in [1.29, 1.82) is 0 Å². The van der Waals surface area contributed by atoms with E-state index in [1.54, 1.807) is 6.07 Å². The second-order valence-electron chi connectivity index (χ2n) is 6.97. The molecule has 0 aliphatic heterocycles. The van der Waals surface area contributed by atoms with Crippen LogP contribution in [-0.2, 0) is 16.1 Å². The van der Waals surface area contributed by atoms with Crippen molar-refractivity contribution in [3.05, 3.63) is 11.8 Å². The van der Waals surface area contributed by atoms with Gasteiger partial charge < -0.3 is 15.2 Å². The zero-order valence-electron chi connectivity index (χ0n) is 15.3. The van der Waals surface area contributed by atoms with Crippen LogP contribution in [0.4, 0.5) is 5.82 Å². The number of carbonyl (C=O) groups is 1. The van der Waals surface area contributed by atoms with Crippen molar-refractivity contribution < 1.29 is 14.6 Å². The topological polar surface area (TPSA) is 84.3 Å². The second kappa shape index (κ2) is 9.97. The molecule has 2 N–H and O–H groups in total. The summed E-state index contributed by atoms with van der Waals surface area (Å²) in [5.41, 5.74) is 0.793. The summed E-state index contributed by atoms with van der Waals surface area (Å²) in [6.45, 7) is 4.46. The molecule has 1 aliphatic carbocycles. The zero-order chi connectivity index (χ0) is 18.2. The van der Waals surface area contributed by atoms with Crippen LogP contribution in [0.3, 0.4) is 0 Å². The number of anilines is 1. The lowest BCUT2D eigenvalue weighted by Gasteiger charge is -2.22. The van der Waals surface area contributed by atoms with Crippen LogP contribution >= 0.6 is 11.8 Å². The van der Waals surface area contributed by atoms with Gasteiger partial charge in [-0.05, 0) is 31.4 Å². The lowest BCUT2D eigenvalue weighted by atomic mass is 9.98. The maximum Gasteiger partial charge on any atom is 0.326 e. The number of nitrogens with zero attached hydrogens (tertiary/aromatic N) is 2. The highest BCUT2D eigenvalue weighted by Gasteiger charge is 2.20. The molecule has 7 heteroatoms. The molecule has 0 spiro atoms. The Labute approximate surface area is 154 Å². The molecule has 0 bridgehead atoms. The average Bonchev–Trinajstić information content (AvgIpc) is 2.59. The number of hydrogen-bond acceptors (Lipinski definition) is 6. The quantitative estimate of drug-likeness (QED) is 0.505. The molecule has 1 fully saturated rings. The van der Waals surface area contributed by atoms with E-state index in [-0.39, 0.29) is 5.92 Å². The summed E-state index contributed by atoms with van der Waals surface area (Å²) in [4.78, 5) is 20.4. The van der Waals surface area contributed by atoms with Crippen molar-refractivity contribution in [2.24, 2.45) is 5.92 Å². The molecule has 1 aromatic heterocycles. The number of aromatic nitrogens is 2. The van der Waals surface area contributed by atoms with Gasteiger partial charge in [-0.15, -0.1) is 0 Å². The fraction of sp³-hybridized carbons (Fsp3) is 0.722. The van der Waals surface area contributed by atoms with Gasteiger partial charge in [0.1, 0.15) is 11.9 Å². The highest BCUT2D eigenvalue weighted by atomic mass is 32.2. The molecule has 25 heavy (non-hydrogen) atoms. The Morgan fingerprint density at radius 2 is 2.08 bits per heavy atom. The van der Waals surface area contributed by atoms with Crippen molar-refractivity contribution in [3.8, 4) is 0 Å². The van der Waals surface area contributed by atoms with E-state index in [2.05, 4.69) is 15.3 Å². The van der Waals surface area contributed by atoms with Crippen LogP contribution in [0, 0.1) is 5.92 Å². The lowest BCUT2D eigenvalue weighted by molar-refractivity contribution is -0.138. The average molecular weight is 368 g/mol. The first-order chi connectivity index (χ1) is 12.0. The number of thioether (sulfide) groups is 1. The Morgan fingerprint density at radius 1 is 1.36 bits per heavy atom. The van der Waals surface area contributed by atoms with E-state index in [1.807, 2.05) is 20.1 Å². The van der Waals surface area contributed by atoms with Gasteiger partial charge >= 0.3 is 5.97 Å². The van der Waals surface area contributed by atoms with E-state index in [1.165, 1.54) is 31.0 Å². The predicted molar refractivity (Wildman–Crippen MR) is 100.0 cm³/mol. The minimum atomic E-state index is -0.863. The third kappa shape index (κ3) is 6.82. The standard InChI is InChI=1S/C18H29N3O3S/c1-12(2)9-15(17(22)23)20-16-10-13(19-18(21-16)25-3)11-24-14-7-5-4-6-8-14/h10,12,14-15H,4-9,11H2,1-3H3,(H,22,23)(H,19,20,21). The van der Waals surface area contributed by atoms with Gasteiger partial charge in [0.15, 0.2) is 5.16 Å². The third-order valence-corrected chi connectivity index (χ3v) is 4.84. The van der Waals surface area contributed by atoms with Crippen LogP contribution in [0.2, 0.25) is 0 Å². The predicted octanol–water partition coefficient (Wildman–Crippen LogP) is 3.96. The number of rotatable bonds is 9. The van der Waals surface area contributed by atoms with Crippen LogP contribution < -0.4 is 5.32 Å². The molecule has 0 saturated heterocycles. The van der Waals surface area contributed by atoms with Crippen molar-refractivity contribution in [1.82, 2.24) is 9.97 Å². The van der Waals surface area contributed by atoms with E-state index >= 15 is 0 Å². The SMILES string of the molecule is CSc1nc(COC2CCCCC2)cc(NC(CC(C)C)C(=O)O)n1. The van der Waals surface area contributed by atoms with E-state index in [4.69, 9.17) is 4.74 Å². The largest absolute Gasteiger partial charge is 0.480 e. The Bertz CT molecular complexity index is 562.